The fraction of sp³-hybridized carbons (Fsp3) is 0.500. The highest BCUT2D eigenvalue weighted by Gasteiger charge is 2.22. The lowest BCUT2D eigenvalue weighted by atomic mass is 10.1. The molecule has 0 radical (unpaired) electrons. The molecule has 2 N–H and O–H groups in total. The van der Waals surface area contributed by atoms with Crippen molar-refractivity contribution in [3.8, 4) is 0 Å². The summed E-state index contributed by atoms with van der Waals surface area (Å²) in [6, 6.07) is 7.27. The van der Waals surface area contributed by atoms with Gasteiger partial charge in [-0.2, -0.15) is 0 Å². The van der Waals surface area contributed by atoms with Gasteiger partial charge in [0.25, 0.3) is 0 Å². The van der Waals surface area contributed by atoms with E-state index >= 15 is 0 Å². The summed E-state index contributed by atoms with van der Waals surface area (Å²) in [5.41, 5.74) is 8.33. The molecule has 0 aliphatic carbocycles. The van der Waals surface area contributed by atoms with E-state index in [0.717, 1.165) is 18.7 Å². The van der Waals surface area contributed by atoms with Crippen LogP contribution in [0.5, 0.6) is 0 Å². The Morgan fingerprint density at radius 2 is 2.33 bits per heavy atom. The highest BCUT2D eigenvalue weighted by Crippen LogP contribution is 2.37. The van der Waals surface area contributed by atoms with Crippen molar-refractivity contribution in [1.29, 1.82) is 0 Å². The third-order valence-electron chi connectivity index (χ3n) is 2.97. The standard InChI is InChI=1S/C12H18N2S/c1-9-3-4-12-11(7-9)14(2)10(5-6-13)8-15-12/h3-4,7,10H,5-6,8,13H2,1-2H3. The fourth-order valence-corrected chi connectivity index (χ4v) is 3.27. The van der Waals surface area contributed by atoms with Crippen LogP contribution >= 0.6 is 11.8 Å². The zero-order valence-electron chi connectivity index (χ0n) is 9.36. The highest BCUT2D eigenvalue weighted by molar-refractivity contribution is 7.99. The number of hydrogen-bond acceptors (Lipinski definition) is 3. The summed E-state index contributed by atoms with van der Waals surface area (Å²) in [6.45, 7) is 2.92. The van der Waals surface area contributed by atoms with Crippen molar-refractivity contribution in [2.45, 2.75) is 24.3 Å². The van der Waals surface area contributed by atoms with Gasteiger partial charge in [-0.3, -0.25) is 0 Å². The van der Waals surface area contributed by atoms with Gasteiger partial charge >= 0.3 is 0 Å². The molecular weight excluding hydrogens is 204 g/mol. The molecule has 0 bridgehead atoms. The number of rotatable bonds is 2. The van der Waals surface area contributed by atoms with Crippen molar-refractivity contribution in [2.24, 2.45) is 5.73 Å². The molecule has 82 valence electrons. The van der Waals surface area contributed by atoms with E-state index in [1.807, 2.05) is 11.8 Å². The molecule has 1 unspecified atom stereocenters. The largest absolute Gasteiger partial charge is 0.370 e. The number of aryl methyl sites for hydroxylation is 1. The van der Waals surface area contributed by atoms with Gasteiger partial charge in [-0.05, 0) is 37.6 Å². The maximum absolute atomic E-state index is 5.64. The summed E-state index contributed by atoms with van der Waals surface area (Å²) in [5, 5.41) is 0. The van der Waals surface area contributed by atoms with E-state index in [1.165, 1.54) is 16.1 Å². The third kappa shape index (κ3) is 2.13. The van der Waals surface area contributed by atoms with Crippen molar-refractivity contribution in [1.82, 2.24) is 0 Å². The molecule has 0 amide bonds. The lowest BCUT2D eigenvalue weighted by molar-refractivity contribution is 0.633. The number of thioether (sulfide) groups is 1. The SMILES string of the molecule is Cc1ccc2c(c1)N(C)C(CCN)CS2. The minimum atomic E-state index is 0.592. The average Bonchev–Trinajstić information content (AvgIpc) is 2.23. The Morgan fingerprint density at radius 1 is 1.53 bits per heavy atom. The van der Waals surface area contributed by atoms with Crippen molar-refractivity contribution >= 4 is 17.4 Å². The zero-order valence-corrected chi connectivity index (χ0v) is 10.2. The van der Waals surface area contributed by atoms with Crippen LogP contribution in [0.3, 0.4) is 0 Å². The Hall–Kier alpha value is -0.670. The maximum Gasteiger partial charge on any atom is 0.0507 e. The van der Waals surface area contributed by atoms with Gasteiger partial charge < -0.3 is 10.6 Å². The second-order valence-corrected chi connectivity index (χ2v) is 5.19. The highest BCUT2D eigenvalue weighted by atomic mass is 32.2. The molecule has 1 heterocycles. The van der Waals surface area contributed by atoms with Gasteiger partial charge in [-0.15, -0.1) is 11.8 Å². The molecule has 1 aromatic carbocycles. The second kappa shape index (κ2) is 4.45. The van der Waals surface area contributed by atoms with Crippen molar-refractivity contribution < 1.29 is 0 Å². The Bertz CT molecular complexity index is 351. The smallest absolute Gasteiger partial charge is 0.0507 e. The van der Waals surface area contributed by atoms with E-state index in [-0.39, 0.29) is 0 Å². The summed E-state index contributed by atoms with van der Waals surface area (Å²) in [6.07, 6.45) is 1.08. The van der Waals surface area contributed by atoms with Crippen molar-refractivity contribution in [2.75, 3.05) is 24.2 Å². The lowest BCUT2D eigenvalue weighted by Crippen LogP contribution is -2.38. The van der Waals surface area contributed by atoms with Crippen molar-refractivity contribution in [3.05, 3.63) is 23.8 Å². The van der Waals surface area contributed by atoms with E-state index in [2.05, 4.69) is 37.1 Å². The predicted octanol–water partition coefficient (Wildman–Crippen LogP) is 2.25. The number of nitrogens with zero attached hydrogens (tertiary/aromatic N) is 1. The summed E-state index contributed by atoms with van der Waals surface area (Å²) >= 11 is 1.95. The molecule has 0 spiro atoms. The van der Waals surface area contributed by atoms with Crippen LogP contribution in [0.15, 0.2) is 23.1 Å². The van der Waals surface area contributed by atoms with Gasteiger partial charge in [-0.25, -0.2) is 0 Å². The van der Waals surface area contributed by atoms with Gasteiger partial charge in [0.05, 0.1) is 5.69 Å². The molecule has 1 aromatic rings. The van der Waals surface area contributed by atoms with Gasteiger partial charge in [-0.1, -0.05) is 6.07 Å². The third-order valence-corrected chi connectivity index (χ3v) is 4.18. The monoisotopic (exact) mass is 222 g/mol. The minimum absolute atomic E-state index is 0.592. The van der Waals surface area contributed by atoms with E-state index in [4.69, 9.17) is 5.73 Å². The fourth-order valence-electron chi connectivity index (χ4n) is 1.99. The number of fused-ring (bicyclic) bond motifs is 1. The molecule has 2 rings (SSSR count). The molecule has 0 aromatic heterocycles. The van der Waals surface area contributed by atoms with Crippen molar-refractivity contribution in [3.63, 3.8) is 0 Å². The quantitative estimate of drug-likeness (QED) is 0.832. The first kappa shape index (κ1) is 10.8. The first-order valence-corrected chi connectivity index (χ1v) is 6.37. The Balaban J connectivity index is 2.28. The van der Waals surface area contributed by atoms with Crippen LogP contribution in [0.4, 0.5) is 5.69 Å². The van der Waals surface area contributed by atoms with E-state index in [0.29, 0.717) is 6.04 Å². The van der Waals surface area contributed by atoms with Crippen LogP contribution in [0.1, 0.15) is 12.0 Å². The predicted molar refractivity (Wildman–Crippen MR) is 67.8 cm³/mol. The van der Waals surface area contributed by atoms with Crippen LogP contribution in [0, 0.1) is 6.92 Å². The first-order valence-electron chi connectivity index (χ1n) is 5.38. The zero-order chi connectivity index (χ0) is 10.8. The molecule has 0 fully saturated rings. The number of anilines is 1. The maximum atomic E-state index is 5.64. The van der Waals surface area contributed by atoms with Crippen LogP contribution in [0.2, 0.25) is 0 Å². The molecular formula is C12H18N2S. The van der Waals surface area contributed by atoms with E-state index in [1.54, 1.807) is 0 Å². The summed E-state index contributed by atoms with van der Waals surface area (Å²) in [5.74, 6) is 1.16. The molecule has 0 saturated heterocycles. The van der Waals surface area contributed by atoms with E-state index in [9.17, 15) is 0 Å². The number of nitrogens with two attached hydrogens (primary N) is 1. The van der Waals surface area contributed by atoms with Gasteiger partial charge in [0.1, 0.15) is 0 Å². The summed E-state index contributed by atoms with van der Waals surface area (Å²) < 4.78 is 0. The van der Waals surface area contributed by atoms with Crippen LogP contribution in [0.25, 0.3) is 0 Å². The van der Waals surface area contributed by atoms with Crippen LogP contribution in [-0.4, -0.2) is 25.4 Å². The normalized spacial score (nSPS) is 20.2. The Kier molecular flexibility index (Phi) is 3.22. The molecule has 1 aliphatic rings. The van der Waals surface area contributed by atoms with Gasteiger partial charge in [0.15, 0.2) is 0 Å². The van der Waals surface area contributed by atoms with Crippen LogP contribution in [-0.2, 0) is 0 Å². The second-order valence-electron chi connectivity index (χ2n) is 4.12. The minimum Gasteiger partial charge on any atom is -0.370 e. The Morgan fingerprint density at radius 3 is 3.07 bits per heavy atom. The average molecular weight is 222 g/mol. The molecule has 2 nitrogen and oxygen atoms in total. The summed E-state index contributed by atoms with van der Waals surface area (Å²) in [4.78, 5) is 3.78. The Labute approximate surface area is 95.8 Å². The number of hydrogen-bond donors (Lipinski definition) is 1. The first-order chi connectivity index (χ1) is 7.22. The molecule has 3 heteroatoms. The molecule has 1 aliphatic heterocycles. The van der Waals surface area contributed by atoms with Crippen LogP contribution < -0.4 is 10.6 Å². The lowest BCUT2D eigenvalue weighted by Gasteiger charge is -2.35. The van der Waals surface area contributed by atoms with Gasteiger partial charge in [0.2, 0.25) is 0 Å². The topological polar surface area (TPSA) is 29.3 Å². The number of benzene rings is 1. The molecule has 1 atom stereocenters. The molecule has 15 heavy (non-hydrogen) atoms. The van der Waals surface area contributed by atoms with Gasteiger partial charge in [0, 0.05) is 23.7 Å². The summed E-state index contributed by atoms with van der Waals surface area (Å²) in [7, 11) is 2.18. The molecule has 0 saturated carbocycles. The van der Waals surface area contributed by atoms with E-state index < -0.39 is 0 Å².